The van der Waals surface area contributed by atoms with Crippen LogP contribution in [0.1, 0.15) is 18.4 Å². The van der Waals surface area contributed by atoms with Gasteiger partial charge in [-0.05, 0) is 20.8 Å². The maximum Gasteiger partial charge on any atom is 0.313 e. The van der Waals surface area contributed by atoms with E-state index in [4.69, 9.17) is 5.11 Å². The maximum atomic E-state index is 11.6. The molecule has 0 amide bonds. The van der Waals surface area contributed by atoms with Gasteiger partial charge in [-0.2, -0.15) is 0 Å². The minimum absolute atomic E-state index is 0.0778. The molecule has 0 bridgehead atoms. The summed E-state index contributed by atoms with van der Waals surface area (Å²) in [4.78, 5) is 32.7. The Morgan fingerprint density at radius 3 is 2.71 bits per heavy atom. The van der Waals surface area contributed by atoms with E-state index in [1.807, 2.05) is 0 Å². The molecule has 1 aromatic rings. The van der Waals surface area contributed by atoms with Crippen LogP contribution in [0.4, 0.5) is 5.69 Å². The number of rotatable bonds is 3. The number of aliphatic carboxylic acids is 1. The monoisotopic (exact) mass is 255 g/mol. The fourth-order valence-electron chi connectivity index (χ4n) is 1.21. The number of H-pyrrole nitrogens is 1. The van der Waals surface area contributed by atoms with Crippen LogP contribution in [0.5, 0.6) is 0 Å². The number of nitrogens with zero attached hydrogens (tertiary/aromatic N) is 2. The fourth-order valence-corrected chi connectivity index (χ4v) is 1.70. The molecule has 0 unspecified atom stereocenters. The Morgan fingerprint density at radius 2 is 2.18 bits per heavy atom. The van der Waals surface area contributed by atoms with E-state index in [0.29, 0.717) is 16.6 Å². The van der Waals surface area contributed by atoms with Gasteiger partial charge in [0.1, 0.15) is 5.82 Å². The van der Waals surface area contributed by atoms with Crippen molar-refractivity contribution >= 4 is 28.5 Å². The molecule has 0 aliphatic heterocycles. The van der Waals surface area contributed by atoms with Gasteiger partial charge in [0.15, 0.2) is 5.69 Å². The summed E-state index contributed by atoms with van der Waals surface area (Å²) in [6.45, 7) is 5.04. The third-order valence-corrected chi connectivity index (χ3v) is 2.76. The van der Waals surface area contributed by atoms with Crippen molar-refractivity contribution < 1.29 is 9.90 Å². The van der Waals surface area contributed by atoms with Gasteiger partial charge in [-0.1, -0.05) is 11.8 Å². The molecule has 6 nitrogen and oxygen atoms in total. The van der Waals surface area contributed by atoms with Gasteiger partial charge in [-0.15, -0.1) is 0 Å². The first-order valence-corrected chi connectivity index (χ1v) is 5.86. The summed E-state index contributed by atoms with van der Waals surface area (Å²) in [7, 11) is 0. The van der Waals surface area contributed by atoms with Crippen molar-refractivity contribution in [2.75, 3.05) is 5.75 Å². The third-order valence-electron chi connectivity index (χ3n) is 1.86. The van der Waals surface area contributed by atoms with Gasteiger partial charge in [0.05, 0.1) is 16.5 Å². The SMILES string of the molecule is CC(=Nc1c(C)nc(C)[nH]c1=O)SCC(=O)O. The summed E-state index contributed by atoms with van der Waals surface area (Å²) >= 11 is 1.07. The molecule has 1 rings (SSSR count). The maximum absolute atomic E-state index is 11.6. The van der Waals surface area contributed by atoms with E-state index >= 15 is 0 Å². The van der Waals surface area contributed by atoms with Crippen LogP contribution in [0, 0.1) is 13.8 Å². The van der Waals surface area contributed by atoms with Crippen LogP contribution in [0.25, 0.3) is 0 Å². The summed E-state index contributed by atoms with van der Waals surface area (Å²) < 4.78 is 0. The van der Waals surface area contributed by atoms with Crippen LogP contribution in [-0.4, -0.2) is 31.8 Å². The van der Waals surface area contributed by atoms with E-state index < -0.39 is 5.97 Å². The molecule has 2 N–H and O–H groups in total. The van der Waals surface area contributed by atoms with E-state index in [0.717, 1.165) is 11.8 Å². The van der Waals surface area contributed by atoms with Gasteiger partial charge < -0.3 is 10.1 Å². The number of thioether (sulfide) groups is 1. The standard InChI is InChI=1S/C10H13N3O3S/c1-5-9(10(16)12-6(2)11-5)13-7(3)17-4-8(14)15/h4H2,1-3H3,(H,14,15)(H,11,12,16). The lowest BCUT2D eigenvalue weighted by molar-refractivity contribution is -0.133. The van der Waals surface area contributed by atoms with Gasteiger partial charge in [0.25, 0.3) is 5.56 Å². The van der Waals surface area contributed by atoms with Crippen molar-refractivity contribution in [2.45, 2.75) is 20.8 Å². The van der Waals surface area contributed by atoms with Gasteiger partial charge in [-0.3, -0.25) is 9.59 Å². The number of hydrogen-bond donors (Lipinski definition) is 2. The third kappa shape index (κ3) is 4.03. The minimum Gasteiger partial charge on any atom is -0.481 e. The smallest absolute Gasteiger partial charge is 0.313 e. The number of carboxylic acids is 1. The lowest BCUT2D eigenvalue weighted by Crippen LogP contribution is -2.11. The molecule has 0 spiro atoms. The number of carboxylic acid groups (broad SMARTS) is 1. The molecule has 0 saturated carbocycles. The lowest BCUT2D eigenvalue weighted by Gasteiger charge is -2.02. The van der Waals surface area contributed by atoms with Crippen LogP contribution >= 0.6 is 11.8 Å². The van der Waals surface area contributed by atoms with Gasteiger partial charge >= 0.3 is 5.97 Å². The average Bonchev–Trinajstić information content (AvgIpc) is 2.20. The zero-order chi connectivity index (χ0) is 13.0. The summed E-state index contributed by atoms with van der Waals surface area (Å²) in [6, 6.07) is 0. The zero-order valence-corrected chi connectivity index (χ0v) is 10.6. The van der Waals surface area contributed by atoms with Crippen molar-refractivity contribution in [3.05, 3.63) is 21.9 Å². The van der Waals surface area contributed by atoms with Gasteiger partial charge in [0.2, 0.25) is 0 Å². The summed E-state index contributed by atoms with van der Waals surface area (Å²) in [5.74, 6) is -0.467. The van der Waals surface area contributed by atoms with Crippen LogP contribution in [0.2, 0.25) is 0 Å². The molecule has 0 saturated heterocycles. The van der Waals surface area contributed by atoms with E-state index in [2.05, 4.69) is 15.0 Å². The van der Waals surface area contributed by atoms with Crippen molar-refractivity contribution in [1.82, 2.24) is 9.97 Å². The van der Waals surface area contributed by atoms with Crippen molar-refractivity contribution in [3.8, 4) is 0 Å². The van der Waals surface area contributed by atoms with Gasteiger partial charge in [-0.25, -0.2) is 9.98 Å². The topological polar surface area (TPSA) is 95.4 Å². The molecular formula is C10H13N3O3S. The molecule has 0 aromatic carbocycles. The molecule has 0 radical (unpaired) electrons. The molecule has 17 heavy (non-hydrogen) atoms. The van der Waals surface area contributed by atoms with E-state index in [1.165, 1.54) is 0 Å². The Labute approximate surface area is 102 Å². The first-order valence-electron chi connectivity index (χ1n) is 4.87. The van der Waals surface area contributed by atoms with Crippen molar-refractivity contribution in [3.63, 3.8) is 0 Å². The molecular weight excluding hydrogens is 242 g/mol. The number of aliphatic imine (C=N–C) groups is 1. The molecule has 0 aliphatic carbocycles. The Bertz CT molecular complexity index is 522. The highest BCUT2D eigenvalue weighted by Gasteiger charge is 2.06. The predicted octanol–water partition coefficient (Wildman–Crippen LogP) is 1.25. The summed E-state index contributed by atoms with van der Waals surface area (Å²) in [5.41, 5.74) is 0.442. The summed E-state index contributed by atoms with van der Waals surface area (Å²) in [5, 5.41) is 9.04. The predicted molar refractivity (Wildman–Crippen MR) is 67.2 cm³/mol. The van der Waals surface area contributed by atoms with Gasteiger partial charge in [0, 0.05) is 0 Å². The van der Waals surface area contributed by atoms with Crippen LogP contribution < -0.4 is 5.56 Å². The Morgan fingerprint density at radius 1 is 1.53 bits per heavy atom. The average molecular weight is 255 g/mol. The molecule has 1 heterocycles. The molecule has 1 aromatic heterocycles. The normalized spacial score (nSPS) is 11.6. The Balaban J connectivity index is 2.98. The van der Waals surface area contributed by atoms with Crippen molar-refractivity contribution in [1.29, 1.82) is 0 Å². The lowest BCUT2D eigenvalue weighted by atomic mass is 10.3. The second kappa shape index (κ2) is 5.62. The minimum atomic E-state index is -0.919. The first kappa shape index (κ1) is 13.4. The fraction of sp³-hybridized carbons (Fsp3) is 0.400. The van der Waals surface area contributed by atoms with Crippen molar-refractivity contribution in [2.24, 2.45) is 4.99 Å². The van der Waals surface area contributed by atoms with E-state index in [9.17, 15) is 9.59 Å². The first-order chi connectivity index (χ1) is 7.90. The number of aromatic nitrogens is 2. The number of aromatic amines is 1. The number of nitrogens with one attached hydrogen (secondary N) is 1. The summed E-state index contributed by atoms with van der Waals surface area (Å²) in [6.07, 6.45) is 0. The second-order valence-corrected chi connectivity index (χ2v) is 4.57. The van der Waals surface area contributed by atoms with Crippen LogP contribution in [-0.2, 0) is 4.79 Å². The molecule has 0 fully saturated rings. The highest BCUT2D eigenvalue weighted by molar-refractivity contribution is 8.14. The quantitative estimate of drug-likeness (QED) is 0.626. The zero-order valence-electron chi connectivity index (χ0n) is 9.77. The number of aryl methyl sites for hydroxylation is 2. The molecule has 0 atom stereocenters. The van der Waals surface area contributed by atoms with Crippen LogP contribution in [0.15, 0.2) is 9.79 Å². The highest BCUT2D eigenvalue weighted by atomic mass is 32.2. The van der Waals surface area contributed by atoms with E-state index in [-0.39, 0.29) is 17.0 Å². The van der Waals surface area contributed by atoms with Crippen LogP contribution in [0.3, 0.4) is 0 Å². The molecule has 0 aliphatic rings. The van der Waals surface area contributed by atoms with E-state index in [1.54, 1.807) is 20.8 Å². The largest absolute Gasteiger partial charge is 0.481 e. The molecule has 92 valence electrons. The number of carbonyl (C=O) groups is 1. The molecule has 7 heteroatoms. The highest BCUT2D eigenvalue weighted by Crippen LogP contribution is 2.13. The second-order valence-electron chi connectivity index (χ2n) is 3.40. The number of hydrogen-bond acceptors (Lipinski definition) is 5. The Hall–Kier alpha value is -1.63. The Kier molecular flexibility index (Phi) is 4.45.